The Hall–Kier alpha value is -0.240. The Kier molecular flexibility index (Phi) is 4.02. The van der Waals surface area contributed by atoms with E-state index < -0.39 is 0 Å². The SMILES string of the molecule is CC1(C)CCCCC1C(=O)NCC(Cl)C1CC1. The maximum absolute atomic E-state index is 12.2. The van der Waals surface area contributed by atoms with Crippen LogP contribution in [-0.2, 0) is 4.79 Å². The first-order chi connectivity index (χ1) is 8.00. The molecule has 0 heterocycles. The zero-order valence-corrected chi connectivity index (χ0v) is 11.7. The summed E-state index contributed by atoms with van der Waals surface area (Å²) in [4.78, 5) is 12.2. The smallest absolute Gasteiger partial charge is 0.223 e. The van der Waals surface area contributed by atoms with Gasteiger partial charge in [-0.15, -0.1) is 11.6 Å². The molecule has 98 valence electrons. The van der Waals surface area contributed by atoms with E-state index in [0.717, 1.165) is 12.8 Å². The summed E-state index contributed by atoms with van der Waals surface area (Å²) in [5, 5.41) is 3.20. The van der Waals surface area contributed by atoms with E-state index in [1.165, 1.54) is 25.7 Å². The lowest BCUT2D eigenvalue weighted by atomic mass is 9.68. The number of carbonyl (C=O) groups is 1. The fourth-order valence-corrected chi connectivity index (χ4v) is 3.26. The van der Waals surface area contributed by atoms with Crippen LogP contribution in [0.1, 0.15) is 52.4 Å². The molecule has 2 atom stereocenters. The van der Waals surface area contributed by atoms with Crippen molar-refractivity contribution in [2.75, 3.05) is 6.54 Å². The van der Waals surface area contributed by atoms with Crippen LogP contribution in [-0.4, -0.2) is 17.8 Å². The molecule has 0 bridgehead atoms. The van der Waals surface area contributed by atoms with Gasteiger partial charge in [0.1, 0.15) is 0 Å². The highest BCUT2D eigenvalue weighted by atomic mass is 35.5. The van der Waals surface area contributed by atoms with Crippen LogP contribution in [0, 0.1) is 17.3 Å². The van der Waals surface area contributed by atoms with Crippen molar-refractivity contribution in [1.29, 1.82) is 0 Å². The van der Waals surface area contributed by atoms with Crippen LogP contribution >= 0.6 is 11.6 Å². The molecule has 0 spiro atoms. The largest absolute Gasteiger partial charge is 0.354 e. The second-order valence-electron chi connectivity index (χ2n) is 6.39. The molecule has 17 heavy (non-hydrogen) atoms. The standard InChI is InChI=1S/C14H24ClNO/c1-14(2)8-4-3-5-11(14)13(17)16-9-12(15)10-6-7-10/h10-12H,3-9H2,1-2H3,(H,16,17). The molecule has 0 aromatic heterocycles. The number of hydrogen-bond acceptors (Lipinski definition) is 1. The maximum Gasteiger partial charge on any atom is 0.223 e. The molecular formula is C14H24ClNO. The van der Waals surface area contributed by atoms with Crippen LogP contribution < -0.4 is 5.32 Å². The van der Waals surface area contributed by atoms with E-state index in [1.54, 1.807) is 0 Å². The molecule has 2 rings (SSSR count). The molecule has 2 fully saturated rings. The van der Waals surface area contributed by atoms with Crippen molar-refractivity contribution >= 4 is 17.5 Å². The van der Waals surface area contributed by atoms with Crippen LogP contribution in [0.15, 0.2) is 0 Å². The fourth-order valence-electron chi connectivity index (χ4n) is 2.93. The minimum absolute atomic E-state index is 0.144. The van der Waals surface area contributed by atoms with Gasteiger partial charge in [-0.1, -0.05) is 26.7 Å². The first-order valence-electron chi connectivity index (χ1n) is 6.92. The maximum atomic E-state index is 12.2. The van der Waals surface area contributed by atoms with Gasteiger partial charge in [0.15, 0.2) is 0 Å². The Morgan fingerprint density at radius 1 is 1.35 bits per heavy atom. The molecule has 0 aliphatic heterocycles. The fraction of sp³-hybridized carbons (Fsp3) is 0.929. The van der Waals surface area contributed by atoms with Crippen LogP contribution in [0.3, 0.4) is 0 Å². The number of halogens is 1. The van der Waals surface area contributed by atoms with Gasteiger partial charge in [-0.05, 0) is 37.0 Å². The minimum Gasteiger partial charge on any atom is -0.354 e. The van der Waals surface area contributed by atoms with Gasteiger partial charge in [0.05, 0.1) is 5.38 Å². The topological polar surface area (TPSA) is 29.1 Å². The molecule has 2 saturated carbocycles. The minimum atomic E-state index is 0.144. The molecule has 1 N–H and O–H groups in total. The van der Waals surface area contributed by atoms with Crippen molar-refractivity contribution in [3.05, 3.63) is 0 Å². The van der Waals surface area contributed by atoms with Crippen molar-refractivity contribution in [2.24, 2.45) is 17.3 Å². The lowest BCUT2D eigenvalue weighted by Crippen LogP contribution is -2.43. The molecule has 0 aromatic rings. The summed E-state index contributed by atoms with van der Waals surface area (Å²) in [6.07, 6.45) is 7.12. The van der Waals surface area contributed by atoms with E-state index >= 15 is 0 Å². The van der Waals surface area contributed by atoms with E-state index in [1.807, 2.05) is 0 Å². The Morgan fingerprint density at radius 3 is 2.65 bits per heavy atom. The number of rotatable bonds is 4. The zero-order chi connectivity index (χ0) is 12.5. The first-order valence-corrected chi connectivity index (χ1v) is 7.36. The van der Waals surface area contributed by atoms with Crippen LogP contribution in [0.4, 0.5) is 0 Å². The van der Waals surface area contributed by atoms with Crippen LogP contribution in [0.5, 0.6) is 0 Å². The van der Waals surface area contributed by atoms with E-state index in [0.29, 0.717) is 12.5 Å². The van der Waals surface area contributed by atoms with Crippen molar-refractivity contribution in [3.63, 3.8) is 0 Å². The molecule has 1 amide bonds. The van der Waals surface area contributed by atoms with E-state index in [9.17, 15) is 4.79 Å². The molecule has 2 aliphatic rings. The van der Waals surface area contributed by atoms with Gasteiger partial charge in [0.2, 0.25) is 5.91 Å². The summed E-state index contributed by atoms with van der Waals surface area (Å²) in [6, 6.07) is 0. The highest BCUT2D eigenvalue weighted by molar-refractivity contribution is 6.21. The molecule has 3 heteroatoms. The highest BCUT2D eigenvalue weighted by Gasteiger charge is 2.37. The van der Waals surface area contributed by atoms with Gasteiger partial charge < -0.3 is 5.32 Å². The molecule has 0 aromatic carbocycles. The van der Waals surface area contributed by atoms with E-state index in [4.69, 9.17) is 11.6 Å². The Balaban J connectivity index is 1.81. The Morgan fingerprint density at radius 2 is 2.06 bits per heavy atom. The normalized spacial score (nSPS) is 29.7. The van der Waals surface area contributed by atoms with Gasteiger partial charge in [-0.25, -0.2) is 0 Å². The van der Waals surface area contributed by atoms with Gasteiger partial charge in [0, 0.05) is 12.5 Å². The monoisotopic (exact) mass is 257 g/mol. The summed E-state index contributed by atoms with van der Waals surface area (Å²) in [5.41, 5.74) is 0.156. The average molecular weight is 258 g/mol. The van der Waals surface area contributed by atoms with Gasteiger partial charge >= 0.3 is 0 Å². The Labute approximate surface area is 109 Å². The third kappa shape index (κ3) is 3.37. The second-order valence-corrected chi connectivity index (χ2v) is 6.95. The van der Waals surface area contributed by atoms with Gasteiger partial charge in [-0.2, -0.15) is 0 Å². The molecule has 0 radical (unpaired) electrons. The predicted molar refractivity (Wildman–Crippen MR) is 71.1 cm³/mol. The number of nitrogens with one attached hydrogen (secondary N) is 1. The van der Waals surface area contributed by atoms with E-state index in [2.05, 4.69) is 19.2 Å². The molecule has 2 unspecified atom stereocenters. The lowest BCUT2D eigenvalue weighted by Gasteiger charge is -2.37. The molecule has 2 nitrogen and oxygen atoms in total. The number of alkyl halides is 1. The van der Waals surface area contributed by atoms with Gasteiger partial charge in [-0.3, -0.25) is 4.79 Å². The highest BCUT2D eigenvalue weighted by Crippen LogP contribution is 2.40. The third-order valence-corrected chi connectivity index (χ3v) is 4.94. The van der Waals surface area contributed by atoms with Gasteiger partial charge in [0.25, 0.3) is 0 Å². The molecular weight excluding hydrogens is 234 g/mol. The van der Waals surface area contributed by atoms with E-state index in [-0.39, 0.29) is 22.6 Å². The summed E-state index contributed by atoms with van der Waals surface area (Å²) >= 11 is 6.22. The summed E-state index contributed by atoms with van der Waals surface area (Å²) in [5.74, 6) is 1.05. The number of amides is 1. The molecule has 2 aliphatic carbocycles. The first kappa shape index (κ1) is 13.2. The Bertz CT molecular complexity index is 286. The summed E-state index contributed by atoms with van der Waals surface area (Å²) in [6.45, 7) is 5.09. The second kappa shape index (κ2) is 5.17. The van der Waals surface area contributed by atoms with Crippen molar-refractivity contribution in [3.8, 4) is 0 Å². The predicted octanol–water partition coefficient (Wildman–Crippen LogP) is 3.34. The quantitative estimate of drug-likeness (QED) is 0.769. The van der Waals surface area contributed by atoms with Crippen LogP contribution in [0.25, 0.3) is 0 Å². The number of hydrogen-bond donors (Lipinski definition) is 1. The summed E-state index contributed by atoms with van der Waals surface area (Å²) in [7, 11) is 0. The number of carbonyl (C=O) groups excluding carboxylic acids is 1. The summed E-state index contributed by atoms with van der Waals surface area (Å²) < 4.78 is 0. The van der Waals surface area contributed by atoms with Crippen LogP contribution in [0.2, 0.25) is 0 Å². The van der Waals surface area contributed by atoms with Crippen molar-refractivity contribution in [2.45, 2.75) is 57.7 Å². The van der Waals surface area contributed by atoms with Crippen molar-refractivity contribution in [1.82, 2.24) is 5.32 Å². The average Bonchev–Trinajstić information content (AvgIpc) is 3.08. The lowest BCUT2D eigenvalue weighted by molar-refractivity contribution is -0.130. The molecule has 0 saturated heterocycles. The zero-order valence-electron chi connectivity index (χ0n) is 11.0. The van der Waals surface area contributed by atoms with Crippen molar-refractivity contribution < 1.29 is 4.79 Å². The third-order valence-electron chi connectivity index (χ3n) is 4.43.